The minimum absolute atomic E-state index is 0.0148. The third-order valence-electron chi connectivity index (χ3n) is 16.0. The molecular formula is C58H85N5O12. The number of rotatable bonds is 10. The molecule has 1 amide bonds. The van der Waals surface area contributed by atoms with Crippen molar-refractivity contribution in [1.29, 1.82) is 0 Å². The van der Waals surface area contributed by atoms with Crippen molar-refractivity contribution in [2.45, 2.75) is 187 Å². The van der Waals surface area contributed by atoms with Gasteiger partial charge < -0.3 is 43.6 Å². The van der Waals surface area contributed by atoms with Crippen molar-refractivity contribution in [3.63, 3.8) is 0 Å². The van der Waals surface area contributed by atoms with Crippen molar-refractivity contribution in [2.24, 2.45) is 45.8 Å². The number of aliphatic hydroxyl groups excluding tert-OH is 1. The molecule has 4 aliphatic rings. The van der Waals surface area contributed by atoms with Gasteiger partial charge in [0.05, 0.1) is 30.1 Å². The molecule has 1 aliphatic carbocycles. The number of oxime groups is 1. The maximum absolute atomic E-state index is 14.9. The summed E-state index contributed by atoms with van der Waals surface area (Å²) < 4.78 is 30.2. The average Bonchev–Trinajstić information content (AvgIpc) is 3.40. The number of carbonyl (C=O) groups is 4. The fourth-order valence-corrected chi connectivity index (χ4v) is 11.2. The Balaban J connectivity index is 1.56. The molecule has 75 heavy (non-hydrogen) atoms. The highest BCUT2D eigenvalue weighted by molar-refractivity contribution is 6.39. The van der Waals surface area contributed by atoms with Gasteiger partial charge in [-0.2, -0.15) is 0 Å². The molecule has 3 fully saturated rings. The summed E-state index contributed by atoms with van der Waals surface area (Å²) in [5, 5.41) is 32.6. The lowest BCUT2D eigenvalue weighted by molar-refractivity contribution is -0.265. The lowest BCUT2D eigenvalue weighted by Gasteiger charge is -2.42. The zero-order valence-electron chi connectivity index (χ0n) is 46.0. The van der Waals surface area contributed by atoms with Crippen LogP contribution in [0.4, 0.5) is 0 Å². The molecule has 1 aromatic rings. The van der Waals surface area contributed by atoms with Gasteiger partial charge in [0, 0.05) is 63.4 Å². The van der Waals surface area contributed by atoms with E-state index in [4.69, 9.17) is 33.7 Å². The van der Waals surface area contributed by atoms with E-state index in [-0.39, 0.29) is 61.7 Å². The van der Waals surface area contributed by atoms with E-state index in [0.29, 0.717) is 69.1 Å². The van der Waals surface area contributed by atoms with Crippen LogP contribution in [0.15, 0.2) is 88.2 Å². The summed E-state index contributed by atoms with van der Waals surface area (Å²) in [6, 6.07) is 8.10. The summed E-state index contributed by atoms with van der Waals surface area (Å²) in [7, 11) is 4.60. The molecule has 1 saturated carbocycles. The molecule has 17 heteroatoms. The number of nitrogens with zero attached hydrogens (tertiary/aromatic N) is 5. The number of ether oxygens (including phenoxy) is 5. The Morgan fingerprint density at radius 3 is 2.33 bits per heavy atom. The van der Waals surface area contributed by atoms with Gasteiger partial charge in [0.1, 0.15) is 31.0 Å². The van der Waals surface area contributed by atoms with Crippen LogP contribution in [-0.2, 0) is 54.3 Å². The Morgan fingerprint density at radius 2 is 1.64 bits per heavy atom. The Kier molecular flexibility index (Phi) is 23.9. The smallest absolute Gasteiger partial charge is 0.329 e. The molecule has 3 aliphatic heterocycles. The molecule has 0 radical (unpaired) electrons. The lowest BCUT2D eigenvalue weighted by atomic mass is 9.77. The molecule has 414 valence electrons. The van der Waals surface area contributed by atoms with E-state index in [9.17, 15) is 34.9 Å². The van der Waals surface area contributed by atoms with Gasteiger partial charge in [0.25, 0.3) is 11.7 Å². The third kappa shape index (κ3) is 16.7. The van der Waals surface area contributed by atoms with Crippen LogP contribution in [0.5, 0.6) is 0 Å². The minimum Gasteiger partial charge on any atom is -0.460 e. The molecule has 1 aromatic carbocycles. The van der Waals surface area contributed by atoms with Crippen LogP contribution in [0.3, 0.4) is 0 Å². The first-order valence-corrected chi connectivity index (χ1v) is 27.1. The minimum atomic E-state index is -2.44. The molecule has 0 aromatic heterocycles. The standard InChI is InChI=1S/C58H85N5O12/c1-36-19-13-11-14-20-37(2)49(70-8)33-45-26-24-42(7)58(69,75-45)55(66)56(67)63-28-18-17-23-48(63)57(68)74-50(39(4)31-44-25-27-46(60-62-59)51(32-44)71-9)34-47(61-73-35-43-21-15-12-16-22-43)38(3)30-41(6)53(65)54(72-10)52(64)40(5)29-36/h11-16,19-22,30,36,38-40,42,44-46,48-51,53-54,65,69H,17-18,23-29,31-35H2,1-10H3/b14-11+,19-13+,37-20+,41-30+,61-47?/t36-,38-,39-,40-,42-,44+,45+,46+,48+,49+,50+,51-,53-,54+,58-/m1/s1. The molecule has 2 bridgehead atoms. The van der Waals surface area contributed by atoms with E-state index >= 15 is 0 Å². The second kappa shape index (κ2) is 29.5. The Bertz CT molecular complexity index is 2260. The molecule has 3 heterocycles. The number of azide groups is 1. The van der Waals surface area contributed by atoms with Gasteiger partial charge in [0.2, 0.25) is 5.79 Å². The summed E-state index contributed by atoms with van der Waals surface area (Å²) >= 11 is 0. The number of hydrogen-bond acceptors (Lipinski definition) is 14. The van der Waals surface area contributed by atoms with Crippen molar-refractivity contribution in [3.05, 3.63) is 93.9 Å². The SMILES string of the molecule is CO[C@H]1C[C@@H]2CC[C@@H](C)[C@@](O)(O2)C(=O)C(=O)N2CCCC[C@H]2C(=O)O[C@H]([C@H](C)C[C@@H]2CC[C@H](N=[N+]=[N-])[C@H](OC)C2)CC(=NOCc2ccccc2)[C@H](C)/C=C(\C)[C@@H](O)[C@@H](OC)C(=O)[C@H](C)C[C@H](C)/C=C/C=C/C=C/1C. The molecule has 2 saturated heterocycles. The fraction of sp³-hybridized carbons (Fsp3) is 0.672. The topological polar surface area (TPSA) is 228 Å². The fourth-order valence-electron chi connectivity index (χ4n) is 11.2. The van der Waals surface area contributed by atoms with E-state index in [1.165, 1.54) is 12.0 Å². The highest BCUT2D eigenvalue weighted by atomic mass is 16.6. The molecular weight excluding hydrogens is 959 g/mol. The van der Waals surface area contributed by atoms with Crippen molar-refractivity contribution in [1.82, 2.24) is 4.90 Å². The largest absolute Gasteiger partial charge is 0.460 e. The number of allylic oxidation sites excluding steroid dienone is 6. The normalized spacial score (nSPS) is 36.9. The highest BCUT2D eigenvalue weighted by Crippen LogP contribution is 2.38. The van der Waals surface area contributed by atoms with Crippen LogP contribution in [-0.4, -0.2) is 127 Å². The lowest BCUT2D eigenvalue weighted by Crippen LogP contribution is -2.61. The van der Waals surface area contributed by atoms with Gasteiger partial charge in [-0.05, 0) is 118 Å². The average molecular weight is 1040 g/mol. The number of esters is 1. The number of piperidine rings is 1. The number of cyclic esters (lactones) is 1. The first-order valence-electron chi connectivity index (χ1n) is 27.1. The predicted molar refractivity (Wildman–Crippen MR) is 286 cm³/mol. The summed E-state index contributed by atoms with van der Waals surface area (Å²) in [4.78, 5) is 68.2. The maximum atomic E-state index is 14.9. The molecule has 0 unspecified atom stereocenters. The molecule has 5 rings (SSSR count). The molecule has 0 spiro atoms. The Hall–Kier alpha value is -5.00. The van der Waals surface area contributed by atoms with Crippen LogP contribution in [0, 0.1) is 35.5 Å². The summed E-state index contributed by atoms with van der Waals surface area (Å²) in [6.45, 7) is 13.3. The molecule has 2 N–H and O–H groups in total. The number of ketones is 2. The van der Waals surface area contributed by atoms with E-state index < -0.39 is 77.8 Å². The summed E-state index contributed by atoms with van der Waals surface area (Å²) in [5.41, 5.74) is 12.0. The number of amides is 1. The maximum Gasteiger partial charge on any atom is 0.329 e. The van der Waals surface area contributed by atoms with Crippen molar-refractivity contribution >= 4 is 29.2 Å². The van der Waals surface area contributed by atoms with Gasteiger partial charge in [-0.3, -0.25) is 14.4 Å². The predicted octanol–water partition coefficient (Wildman–Crippen LogP) is 9.50. The van der Waals surface area contributed by atoms with Crippen LogP contribution in [0.2, 0.25) is 0 Å². The quantitative estimate of drug-likeness (QED) is 0.0425. The van der Waals surface area contributed by atoms with Gasteiger partial charge >= 0.3 is 5.97 Å². The molecule has 17 nitrogen and oxygen atoms in total. The van der Waals surface area contributed by atoms with Crippen LogP contribution in [0.1, 0.15) is 131 Å². The zero-order valence-corrected chi connectivity index (χ0v) is 46.0. The number of Topliss-reactive ketones (excluding diaryl/α,β-unsaturated/α-hetero) is 2. The van der Waals surface area contributed by atoms with Gasteiger partial charge in [-0.25, -0.2) is 4.79 Å². The van der Waals surface area contributed by atoms with E-state index in [1.54, 1.807) is 28.1 Å². The highest BCUT2D eigenvalue weighted by Gasteiger charge is 2.53. The number of aliphatic hydroxyl groups is 2. The van der Waals surface area contributed by atoms with Crippen molar-refractivity contribution in [2.75, 3.05) is 27.9 Å². The van der Waals surface area contributed by atoms with Crippen LogP contribution in [0.25, 0.3) is 10.4 Å². The van der Waals surface area contributed by atoms with E-state index in [2.05, 4.69) is 10.0 Å². The van der Waals surface area contributed by atoms with Crippen LogP contribution < -0.4 is 0 Å². The van der Waals surface area contributed by atoms with Crippen molar-refractivity contribution in [3.8, 4) is 0 Å². The number of benzene rings is 1. The summed E-state index contributed by atoms with van der Waals surface area (Å²) in [6.07, 6.45) is 12.6. The molecule has 15 atom stereocenters. The van der Waals surface area contributed by atoms with Gasteiger partial charge in [-0.15, -0.1) is 0 Å². The number of methoxy groups -OCH3 is 3. The van der Waals surface area contributed by atoms with Gasteiger partial charge in [-0.1, -0.05) is 112 Å². The van der Waals surface area contributed by atoms with E-state index in [0.717, 1.165) is 17.6 Å². The first-order chi connectivity index (χ1) is 35.8. The van der Waals surface area contributed by atoms with Crippen molar-refractivity contribution < 1.29 is 57.9 Å². The third-order valence-corrected chi connectivity index (χ3v) is 16.0. The number of hydrogen-bond donors (Lipinski definition) is 2. The van der Waals surface area contributed by atoms with E-state index in [1.807, 2.05) is 101 Å². The Morgan fingerprint density at radius 1 is 0.893 bits per heavy atom. The van der Waals surface area contributed by atoms with Gasteiger partial charge in [0.15, 0.2) is 5.78 Å². The first kappa shape index (κ1) is 60.9. The number of fused-ring (bicyclic) bond motifs is 3. The summed E-state index contributed by atoms with van der Waals surface area (Å²) in [5.74, 6) is -7.36. The second-order valence-corrected chi connectivity index (χ2v) is 21.7. The van der Waals surface area contributed by atoms with Crippen LogP contribution >= 0.6 is 0 Å². The monoisotopic (exact) mass is 1040 g/mol. The second-order valence-electron chi connectivity index (χ2n) is 21.7. The zero-order chi connectivity index (χ0) is 54.8. The Labute approximate surface area is 444 Å². The number of carbonyl (C=O) groups excluding carboxylic acids is 4.